The van der Waals surface area contributed by atoms with Crippen molar-refractivity contribution in [2.75, 3.05) is 13.1 Å². The Labute approximate surface area is 200 Å². The number of nitrogens with zero attached hydrogens (tertiary/aromatic N) is 3. The molecule has 1 aromatic carbocycles. The number of amides is 1. The van der Waals surface area contributed by atoms with Gasteiger partial charge in [0, 0.05) is 17.1 Å². The van der Waals surface area contributed by atoms with Crippen molar-refractivity contribution < 1.29 is 17.7 Å². The average molecular weight is 495 g/mol. The molecule has 1 aliphatic carbocycles. The first-order valence-corrected chi connectivity index (χ1v) is 13.6. The van der Waals surface area contributed by atoms with E-state index in [1.54, 1.807) is 26.0 Å². The fourth-order valence-corrected chi connectivity index (χ4v) is 6.60. The highest BCUT2D eigenvalue weighted by Crippen LogP contribution is 2.27. The Morgan fingerprint density at radius 1 is 1.15 bits per heavy atom. The molecule has 1 saturated carbocycles. The topological polar surface area (TPSA) is 105 Å². The van der Waals surface area contributed by atoms with Crippen molar-refractivity contribution >= 4 is 27.3 Å². The number of likely N-dealkylation sites (tertiary alicyclic amines) is 1. The maximum absolute atomic E-state index is 12.9. The number of carbonyl (C=O) groups excluding carboxylic acids is 1. The van der Waals surface area contributed by atoms with E-state index in [0.717, 1.165) is 25.7 Å². The van der Waals surface area contributed by atoms with Crippen molar-refractivity contribution in [2.45, 2.75) is 81.5 Å². The second kappa shape index (κ2) is 10.1. The number of carbonyl (C=O) groups is 1. The van der Waals surface area contributed by atoms with Crippen LogP contribution in [0.3, 0.4) is 0 Å². The van der Waals surface area contributed by atoms with Crippen LogP contribution in [0.1, 0.15) is 61.4 Å². The van der Waals surface area contributed by atoms with E-state index in [2.05, 4.69) is 20.4 Å². The van der Waals surface area contributed by atoms with E-state index in [4.69, 9.17) is 16.1 Å². The Balaban J connectivity index is 1.30. The predicted octanol–water partition coefficient (Wildman–Crippen LogP) is 3.38. The fourth-order valence-electron chi connectivity index (χ4n) is 4.87. The normalized spacial score (nSPS) is 21.9. The van der Waals surface area contributed by atoms with E-state index >= 15 is 0 Å². The third-order valence-electron chi connectivity index (χ3n) is 6.65. The number of aryl methyl sites for hydroxylation is 2. The van der Waals surface area contributed by atoms with Crippen molar-refractivity contribution in [2.24, 2.45) is 0 Å². The Hall–Kier alpha value is -1.97. The molecule has 2 aromatic rings. The van der Waals surface area contributed by atoms with Gasteiger partial charge in [0.25, 0.3) is 0 Å². The van der Waals surface area contributed by atoms with Gasteiger partial charge in [0.05, 0.1) is 4.90 Å². The van der Waals surface area contributed by atoms with Crippen LogP contribution in [0.2, 0.25) is 5.02 Å². The Kier molecular flexibility index (Phi) is 7.40. The number of nitrogens with one attached hydrogen (secondary N) is 1. The number of rotatable bonds is 7. The van der Waals surface area contributed by atoms with E-state index < -0.39 is 15.6 Å². The van der Waals surface area contributed by atoms with Gasteiger partial charge in [-0.15, -0.1) is 0 Å². The summed E-state index contributed by atoms with van der Waals surface area (Å²) in [5, 5.41) is 7.36. The molecule has 8 nitrogen and oxygen atoms in total. The Morgan fingerprint density at radius 3 is 2.55 bits per heavy atom. The van der Waals surface area contributed by atoms with Crippen LogP contribution in [0.5, 0.6) is 0 Å². The van der Waals surface area contributed by atoms with Crippen LogP contribution >= 0.6 is 11.6 Å². The zero-order chi connectivity index (χ0) is 23.6. The first-order valence-electron chi connectivity index (χ1n) is 11.6. The predicted molar refractivity (Wildman–Crippen MR) is 125 cm³/mol. The van der Waals surface area contributed by atoms with Crippen LogP contribution in [-0.2, 0) is 26.8 Å². The minimum Gasteiger partial charge on any atom is -0.353 e. The zero-order valence-corrected chi connectivity index (χ0v) is 20.7. The first kappa shape index (κ1) is 24.2. The molecule has 2 aliphatic rings. The molecule has 1 amide bonds. The summed E-state index contributed by atoms with van der Waals surface area (Å²) in [6, 6.07) is 4.00. The van der Waals surface area contributed by atoms with Gasteiger partial charge >= 0.3 is 0 Å². The number of aromatic nitrogens is 2. The van der Waals surface area contributed by atoms with Crippen molar-refractivity contribution in [1.82, 2.24) is 20.4 Å². The summed E-state index contributed by atoms with van der Waals surface area (Å²) in [7, 11) is -3.68. The molecule has 0 bridgehead atoms. The standard InChI is InChI=1S/C23H31ClN4O4S/c1-15-12-20(16(2)11-19(15)24)33(30,31)14-21-26-23(32-27-21)13-22(29)25-17-5-7-18(8-6-17)28-9-3-4-10-28/h11-12,17-18H,3-10,13-14H2,1-2H3,(H,25,29). The van der Waals surface area contributed by atoms with Gasteiger partial charge in [-0.2, -0.15) is 4.98 Å². The third-order valence-corrected chi connectivity index (χ3v) is 8.81. The molecule has 180 valence electrons. The van der Waals surface area contributed by atoms with Gasteiger partial charge in [-0.25, -0.2) is 8.42 Å². The Bertz CT molecular complexity index is 1100. The first-order chi connectivity index (χ1) is 15.7. The highest BCUT2D eigenvalue weighted by Gasteiger charge is 2.28. The van der Waals surface area contributed by atoms with Gasteiger partial charge in [0.1, 0.15) is 12.2 Å². The third kappa shape index (κ3) is 5.94. The molecule has 4 rings (SSSR count). The van der Waals surface area contributed by atoms with Crippen molar-refractivity contribution in [3.05, 3.63) is 40.0 Å². The second-order valence-corrected chi connectivity index (χ2v) is 11.6. The molecule has 10 heteroatoms. The fraction of sp³-hybridized carbons (Fsp3) is 0.609. The molecule has 0 spiro atoms. The average Bonchev–Trinajstić information content (AvgIpc) is 3.43. The van der Waals surface area contributed by atoms with Gasteiger partial charge in [-0.3, -0.25) is 4.79 Å². The van der Waals surface area contributed by atoms with E-state index in [0.29, 0.717) is 22.2 Å². The molecule has 2 heterocycles. The summed E-state index contributed by atoms with van der Waals surface area (Å²) in [4.78, 5) is 19.4. The van der Waals surface area contributed by atoms with Crippen LogP contribution in [0, 0.1) is 13.8 Å². The summed E-state index contributed by atoms with van der Waals surface area (Å²) < 4.78 is 30.9. The molecule has 0 atom stereocenters. The number of halogens is 1. The lowest BCUT2D eigenvalue weighted by molar-refractivity contribution is -0.121. The van der Waals surface area contributed by atoms with Crippen molar-refractivity contribution in [3.8, 4) is 0 Å². The summed E-state index contributed by atoms with van der Waals surface area (Å²) in [5.74, 6) is -0.425. The molecular formula is C23H31ClN4O4S. The molecule has 33 heavy (non-hydrogen) atoms. The van der Waals surface area contributed by atoms with E-state index in [1.807, 2.05) is 0 Å². The van der Waals surface area contributed by atoms with Crippen molar-refractivity contribution in [1.29, 1.82) is 0 Å². The summed E-state index contributed by atoms with van der Waals surface area (Å²) >= 11 is 6.08. The number of hydrogen-bond acceptors (Lipinski definition) is 7. The molecule has 0 radical (unpaired) electrons. The summed E-state index contributed by atoms with van der Waals surface area (Å²) in [5.41, 5.74) is 1.24. The number of hydrogen-bond donors (Lipinski definition) is 1. The SMILES string of the molecule is Cc1cc(S(=O)(=O)Cc2noc(CC(=O)NC3CCC(N4CCCC4)CC3)n2)c(C)cc1Cl. The molecule has 1 saturated heterocycles. The monoisotopic (exact) mass is 494 g/mol. The highest BCUT2D eigenvalue weighted by molar-refractivity contribution is 7.90. The van der Waals surface area contributed by atoms with E-state index in [1.165, 1.54) is 25.9 Å². The molecule has 1 aliphatic heterocycles. The number of benzene rings is 1. The minimum absolute atomic E-state index is 0.0379. The van der Waals surface area contributed by atoms with E-state index in [9.17, 15) is 13.2 Å². The van der Waals surface area contributed by atoms with Crippen LogP contribution in [0.4, 0.5) is 0 Å². The maximum atomic E-state index is 12.9. The second-order valence-electron chi connectivity index (χ2n) is 9.22. The summed E-state index contributed by atoms with van der Waals surface area (Å²) in [6.07, 6.45) is 6.69. The van der Waals surface area contributed by atoms with Crippen LogP contribution < -0.4 is 5.32 Å². The molecule has 0 unspecified atom stereocenters. The molecular weight excluding hydrogens is 464 g/mol. The lowest BCUT2D eigenvalue weighted by atomic mass is 9.90. The minimum atomic E-state index is -3.68. The number of sulfone groups is 1. The lowest BCUT2D eigenvalue weighted by Crippen LogP contribution is -2.43. The lowest BCUT2D eigenvalue weighted by Gasteiger charge is -2.34. The molecule has 1 N–H and O–H groups in total. The highest BCUT2D eigenvalue weighted by atomic mass is 35.5. The zero-order valence-electron chi connectivity index (χ0n) is 19.1. The molecule has 2 fully saturated rings. The van der Waals surface area contributed by atoms with Gasteiger partial charge < -0.3 is 14.7 Å². The summed E-state index contributed by atoms with van der Waals surface area (Å²) in [6.45, 7) is 5.86. The maximum Gasteiger partial charge on any atom is 0.236 e. The van der Waals surface area contributed by atoms with Crippen molar-refractivity contribution in [3.63, 3.8) is 0 Å². The quantitative estimate of drug-likeness (QED) is 0.628. The van der Waals surface area contributed by atoms with Gasteiger partial charge in [0.2, 0.25) is 11.8 Å². The van der Waals surface area contributed by atoms with Crippen LogP contribution in [0.15, 0.2) is 21.6 Å². The van der Waals surface area contributed by atoms with Crippen LogP contribution in [0.25, 0.3) is 0 Å². The van der Waals surface area contributed by atoms with E-state index in [-0.39, 0.29) is 35.0 Å². The smallest absolute Gasteiger partial charge is 0.236 e. The Morgan fingerprint density at radius 2 is 1.85 bits per heavy atom. The van der Waals surface area contributed by atoms with Crippen LogP contribution in [-0.4, -0.2) is 54.5 Å². The molecule has 1 aromatic heterocycles. The van der Waals surface area contributed by atoms with Gasteiger partial charge in [0.15, 0.2) is 15.7 Å². The van der Waals surface area contributed by atoms with Gasteiger partial charge in [-0.05, 0) is 88.7 Å². The largest absolute Gasteiger partial charge is 0.353 e. The van der Waals surface area contributed by atoms with Gasteiger partial charge in [-0.1, -0.05) is 16.8 Å².